The van der Waals surface area contributed by atoms with Crippen LogP contribution in [-0.2, 0) is 27.7 Å². The van der Waals surface area contributed by atoms with Crippen LogP contribution in [0, 0.1) is 6.92 Å². The summed E-state index contributed by atoms with van der Waals surface area (Å²) < 4.78 is 28.2. The lowest BCUT2D eigenvalue weighted by atomic mass is 10.0. The number of thiazole rings is 1. The smallest absolute Gasteiger partial charge is 0.350 e. The number of aromatic nitrogens is 3. The Morgan fingerprint density at radius 2 is 1.97 bits per heavy atom. The second-order valence-electron chi connectivity index (χ2n) is 7.94. The maximum atomic E-state index is 12.1. The topological polar surface area (TPSA) is 152 Å². The first kappa shape index (κ1) is 24.8. The number of nitrogens with two attached hydrogens (primary N) is 1. The maximum absolute atomic E-state index is 12.1. The molecule has 0 amide bonds. The maximum Gasteiger partial charge on any atom is 0.350 e. The molecule has 1 aliphatic heterocycles. The van der Waals surface area contributed by atoms with Gasteiger partial charge in [-0.1, -0.05) is 23.5 Å². The van der Waals surface area contributed by atoms with Crippen molar-refractivity contribution >= 4 is 50.0 Å². The molecule has 0 aliphatic carbocycles. The minimum Gasteiger partial charge on any atom is -0.462 e. The number of anilines is 4. The summed E-state index contributed by atoms with van der Waals surface area (Å²) in [4.78, 5) is 28.6. The minimum absolute atomic E-state index is 0.0764. The Hall–Kier alpha value is -3.29. The summed E-state index contributed by atoms with van der Waals surface area (Å²) >= 11 is 1.19. The van der Waals surface area contributed by atoms with Crippen molar-refractivity contribution in [1.29, 1.82) is 0 Å². The molecule has 35 heavy (non-hydrogen) atoms. The highest BCUT2D eigenvalue weighted by Crippen LogP contribution is 2.34. The first-order valence-electron chi connectivity index (χ1n) is 11.1. The second-order valence-corrected chi connectivity index (χ2v) is 10.5. The van der Waals surface area contributed by atoms with Crippen LogP contribution in [0.25, 0.3) is 0 Å². The number of carbonyl (C=O) groups excluding carboxylic acids is 1. The first-order valence-corrected chi connectivity index (χ1v) is 13.4. The molecule has 0 saturated heterocycles. The summed E-state index contributed by atoms with van der Waals surface area (Å²) in [5.74, 6) is 1.45. The van der Waals surface area contributed by atoms with Crippen LogP contribution in [0.1, 0.15) is 39.8 Å². The molecule has 0 radical (unpaired) electrons. The van der Waals surface area contributed by atoms with Crippen molar-refractivity contribution in [3.8, 4) is 0 Å². The fraction of sp³-hybridized carbons (Fsp3) is 0.364. The van der Waals surface area contributed by atoms with Crippen molar-refractivity contribution in [2.75, 3.05) is 35.7 Å². The van der Waals surface area contributed by atoms with E-state index >= 15 is 0 Å². The van der Waals surface area contributed by atoms with Crippen molar-refractivity contribution < 1.29 is 17.9 Å². The SMILES string of the molecule is CCOC(=O)c1sc(Nc2nc(NC)c3c(n2)N(Cc2ccc(S(N)(=O)=O)cc2)CCC3)nc1C. The molecule has 0 fully saturated rings. The highest BCUT2D eigenvalue weighted by molar-refractivity contribution is 7.89. The summed E-state index contributed by atoms with van der Waals surface area (Å²) in [5, 5.41) is 12.0. The monoisotopic (exact) mass is 517 g/mol. The zero-order chi connectivity index (χ0) is 25.2. The number of sulfonamides is 1. The molecule has 0 atom stereocenters. The average Bonchev–Trinajstić information content (AvgIpc) is 3.19. The van der Waals surface area contributed by atoms with Gasteiger partial charge in [0.15, 0.2) is 5.13 Å². The summed E-state index contributed by atoms with van der Waals surface area (Å²) in [6, 6.07) is 6.52. The van der Waals surface area contributed by atoms with Crippen molar-refractivity contribution in [3.63, 3.8) is 0 Å². The molecule has 3 aromatic rings. The van der Waals surface area contributed by atoms with E-state index in [1.807, 2.05) is 7.05 Å². The van der Waals surface area contributed by atoms with Gasteiger partial charge in [-0.25, -0.2) is 23.3 Å². The lowest BCUT2D eigenvalue weighted by molar-refractivity contribution is 0.0531. The third kappa shape index (κ3) is 5.52. The third-order valence-corrected chi connectivity index (χ3v) is 7.46. The Kier molecular flexibility index (Phi) is 7.19. The van der Waals surface area contributed by atoms with Crippen LogP contribution in [0.2, 0.25) is 0 Å². The van der Waals surface area contributed by atoms with Gasteiger partial charge >= 0.3 is 5.97 Å². The van der Waals surface area contributed by atoms with Gasteiger partial charge in [-0.3, -0.25) is 5.32 Å². The van der Waals surface area contributed by atoms with Gasteiger partial charge in [0.25, 0.3) is 0 Å². The first-order chi connectivity index (χ1) is 16.7. The van der Waals surface area contributed by atoms with E-state index in [9.17, 15) is 13.2 Å². The molecule has 4 rings (SSSR count). The van der Waals surface area contributed by atoms with Crippen LogP contribution in [0.15, 0.2) is 29.2 Å². The predicted molar refractivity (Wildman–Crippen MR) is 135 cm³/mol. The van der Waals surface area contributed by atoms with Gasteiger partial charge in [-0.05, 0) is 44.4 Å². The van der Waals surface area contributed by atoms with Crippen LogP contribution in [0.4, 0.5) is 22.7 Å². The average molecular weight is 518 g/mol. The van der Waals surface area contributed by atoms with E-state index < -0.39 is 16.0 Å². The lowest BCUT2D eigenvalue weighted by Gasteiger charge is -2.31. The number of primary sulfonamides is 1. The normalized spacial score (nSPS) is 13.3. The van der Waals surface area contributed by atoms with Gasteiger partial charge in [0.05, 0.1) is 17.2 Å². The van der Waals surface area contributed by atoms with Crippen LogP contribution in [0.5, 0.6) is 0 Å². The molecule has 186 valence electrons. The number of benzene rings is 1. The molecule has 4 N–H and O–H groups in total. The van der Waals surface area contributed by atoms with Crippen molar-refractivity contribution in [1.82, 2.24) is 15.0 Å². The van der Waals surface area contributed by atoms with E-state index in [1.165, 1.54) is 23.5 Å². The molecule has 2 aromatic heterocycles. The fourth-order valence-electron chi connectivity index (χ4n) is 3.87. The van der Waals surface area contributed by atoms with Crippen LogP contribution in [0.3, 0.4) is 0 Å². The number of hydrogen-bond donors (Lipinski definition) is 3. The Morgan fingerprint density at radius 3 is 2.63 bits per heavy atom. The second kappa shape index (κ2) is 10.1. The van der Waals surface area contributed by atoms with Gasteiger partial charge in [-0.15, -0.1) is 0 Å². The standard InChI is InChI=1S/C22H27N7O4S2/c1-4-33-20(30)17-13(2)25-22(34-17)28-21-26-18(24-3)16-6-5-11-29(19(16)27-21)12-14-7-9-15(10-8-14)35(23,31)32/h7-10H,4-6,11-12H2,1-3H3,(H2,23,31,32)(H2,24,25,26,27,28). The molecule has 0 saturated carbocycles. The van der Waals surface area contributed by atoms with Crippen LogP contribution in [-0.4, -0.2) is 49.5 Å². The molecule has 0 bridgehead atoms. The fourth-order valence-corrected chi connectivity index (χ4v) is 5.24. The van der Waals surface area contributed by atoms with Gasteiger partial charge in [0, 0.05) is 25.7 Å². The van der Waals surface area contributed by atoms with E-state index in [-0.39, 0.29) is 4.90 Å². The van der Waals surface area contributed by atoms with Crippen LogP contribution < -0.4 is 20.7 Å². The molecule has 3 heterocycles. The van der Waals surface area contributed by atoms with Gasteiger partial charge < -0.3 is 15.0 Å². The summed E-state index contributed by atoms with van der Waals surface area (Å²) in [7, 11) is -1.93. The van der Waals surface area contributed by atoms with Gasteiger partial charge in [0.2, 0.25) is 16.0 Å². The zero-order valence-corrected chi connectivity index (χ0v) is 21.3. The number of aryl methyl sites for hydroxylation is 1. The quantitative estimate of drug-likeness (QED) is 0.380. The molecular weight excluding hydrogens is 490 g/mol. The van der Waals surface area contributed by atoms with E-state index in [1.54, 1.807) is 26.0 Å². The van der Waals surface area contributed by atoms with E-state index in [0.29, 0.717) is 40.6 Å². The highest BCUT2D eigenvalue weighted by Gasteiger charge is 2.24. The number of ether oxygens (including phenoxy) is 1. The van der Waals surface area contributed by atoms with Crippen molar-refractivity contribution in [3.05, 3.63) is 46.0 Å². The number of nitrogens with zero attached hydrogens (tertiary/aromatic N) is 4. The summed E-state index contributed by atoms with van der Waals surface area (Å²) in [5.41, 5.74) is 2.51. The third-order valence-electron chi connectivity index (χ3n) is 5.48. The minimum atomic E-state index is -3.74. The van der Waals surface area contributed by atoms with Gasteiger partial charge in [-0.2, -0.15) is 9.97 Å². The largest absolute Gasteiger partial charge is 0.462 e. The molecule has 0 unspecified atom stereocenters. The lowest BCUT2D eigenvalue weighted by Crippen LogP contribution is -2.31. The predicted octanol–water partition coefficient (Wildman–Crippen LogP) is 2.80. The molecule has 1 aliphatic rings. The van der Waals surface area contributed by atoms with Crippen molar-refractivity contribution in [2.24, 2.45) is 5.14 Å². The molecular formula is C22H27N7O4S2. The molecule has 1 aromatic carbocycles. The molecule has 13 heteroatoms. The number of nitrogens with one attached hydrogen (secondary N) is 2. The summed E-state index contributed by atoms with van der Waals surface area (Å²) in [6.45, 7) is 5.13. The zero-order valence-electron chi connectivity index (χ0n) is 19.7. The number of fused-ring (bicyclic) bond motifs is 1. The van der Waals surface area contributed by atoms with Crippen LogP contribution >= 0.6 is 11.3 Å². The Bertz CT molecular complexity index is 1340. The molecule has 0 spiro atoms. The molecule has 11 nitrogen and oxygen atoms in total. The summed E-state index contributed by atoms with van der Waals surface area (Å²) in [6.07, 6.45) is 1.76. The van der Waals surface area contributed by atoms with E-state index in [0.717, 1.165) is 36.3 Å². The van der Waals surface area contributed by atoms with E-state index in [2.05, 4.69) is 25.5 Å². The number of esters is 1. The number of rotatable bonds is 8. The van der Waals surface area contributed by atoms with E-state index in [4.69, 9.17) is 14.9 Å². The Morgan fingerprint density at radius 1 is 1.23 bits per heavy atom. The number of hydrogen-bond acceptors (Lipinski definition) is 11. The Labute approximate surface area is 207 Å². The number of carbonyl (C=O) groups is 1. The Balaban J connectivity index is 1.62. The van der Waals surface area contributed by atoms with Crippen molar-refractivity contribution in [2.45, 2.75) is 38.1 Å². The highest BCUT2D eigenvalue weighted by atomic mass is 32.2. The van der Waals surface area contributed by atoms with Gasteiger partial charge in [0.1, 0.15) is 16.5 Å².